The summed E-state index contributed by atoms with van der Waals surface area (Å²) in [4.78, 5) is 14.5. The van der Waals surface area contributed by atoms with E-state index in [-0.39, 0.29) is 6.03 Å². The maximum absolute atomic E-state index is 12.5. The van der Waals surface area contributed by atoms with Crippen LogP contribution < -0.4 is 5.32 Å². The molecule has 1 spiro atoms. The number of urea groups is 1. The monoisotopic (exact) mass is 328 g/mol. The van der Waals surface area contributed by atoms with Gasteiger partial charge in [-0.2, -0.15) is 0 Å². The van der Waals surface area contributed by atoms with E-state index in [4.69, 9.17) is 4.74 Å². The van der Waals surface area contributed by atoms with Crippen LogP contribution in [0, 0.1) is 11.3 Å². The van der Waals surface area contributed by atoms with E-state index in [1.54, 1.807) is 0 Å². The normalized spacial score (nSPS) is 26.3. The van der Waals surface area contributed by atoms with Crippen LogP contribution in [0.3, 0.4) is 0 Å². The maximum Gasteiger partial charge on any atom is 0.317 e. The Balaban J connectivity index is 1.22. The number of amides is 2. The first-order valence-corrected chi connectivity index (χ1v) is 9.42. The highest BCUT2D eigenvalue weighted by molar-refractivity contribution is 5.75. The van der Waals surface area contributed by atoms with Crippen molar-refractivity contribution < 1.29 is 9.53 Å². The van der Waals surface area contributed by atoms with Crippen LogP contribution in [0.1, 0.15) is 37.7 Å². The number of carbonyl (C=O) groups excluding carboxylic acids is 1. The first-order chi connectivity index (χ1) is 11.8. The Bertz CT molecular complexity index is 560. The molecule has 3 fully saturated rings. The summed E-state index contributed by atoms with van der Waals surface area (Å²) in [6.07, 6.45) is 6.74. The van der Waals surface area contributed by atoms with E-state index < -0.39 is 0 Å². The van der Waals surface area contributed by atoms with Gasteiger partial charge in [-0.15, -0.1) is 0 Å². The van der Waals surface area contributed by atoms with Gasteiger partial charge in [0.05, 0.1) is 0 Å². The average Bonchev–Trinajstić information content (AvgIpc) is 3.27. The van der Waals surface area contributed by atoms with Crippen molar-refractivity contribution in [3.8, 4) is 0 Å². The fourth-order valence-electron chi connectivity index (χ4n) is 4.41. The van der Waals surface area contributed by atoms with Crippen LogP contribution >= 0.6 is 0 Å². The molecule has 2 saturated heterocycles. The molecule has 0 bridgehead atoms. The Hall–Kier alpha value is -1.55. The average molecular weight is 328 g/mol. The molecule has 1 aliphatic carbocycles. The maximum atomic E-state index is 12.5. The van der Waals surface area contributed by atoms with Gasteiger partial charge in [0.2, 0.25) is 0 Å². The summed E-state index contributed by atoms with van der Waals surface area (Å²) < 4.78 is 5.45. The zero-order valence-electron chi connectivity index (χ0n) is 14.4. The van der Waals surface area contributed by atoms with Crippen molar-refractivity contribution in [2.75, 3.05) is 26.3 Å². The highest BCUT2D eigenvalue weighted by atomic mass is 16.5. The summed E-state index contributed by atoms with van der Waals surface area (Å²) in [5, 5.41) is 3.28. The first-order valence-electron chi connectivity index (χ1n) is 9.42. The number of benzene rings is 1. The van der Waals surface area contributed by atoms with Crippen molar-refractivity contribution in [3.05, 3.63) is 35.9 Å². The van der Waals surface area contributed by atoms with Crippen LogP contribution in [0.25, 0.3) is 0 Å². The number of nitrogens with zero attached hydrogens (tertiary/aromatic N) is 1. The fraction of sp³-hybridized carbons (Fsp3) is 0.650. The molecule has 24 heavy (non-hydrogen) atoms. The number of carbonyl (C=O) groups is 1. The van der Waals surface area contributed by atoms with Crippen LogP contribution in [-0.2, 0) is 11.2 Å². The van der Waals surface area contributed by atoms with E-state index in [1.165, 1.54) is 5.56 Å². The number of hydrogen-bond donors (Lipinski definition) is 1. The lowest BCUT2D eigenvalue weighted by atomic mass is 9.90. The van der Waals surface area contributed by atoms with Crippen LogP contribution in [0.2, 0.25) is 0 Å². The molecule has 4 rings (SSSR count). The zero-order chi connectivity index (χ0) is 16.4. The molecule has 3 aliphatic rings. The van der Waals surface area contributed by atoms with Crippen LogP contribution in [-0.4, -0.2) is 43.3 Å². The van der Waals surface area contributed by atoms with Gasteiger partial charge >= 0.3 is 6.03 Å². The second kappa shape index (κ2) is 6.75. The third-order valence-corrected chi connectivity index (χ3v) is 6.24. The van der Waals surface area contributed by atoms with Gasteiger partial charge in [0.1, 0.15) is 0 Å². The largest absolute Gasteiger partial charge is 0.381 e. The highest BCUT2D eigenvalue weighted by Crippen LogP contribution is 2.53. The smallest absolute Gasteiger partial charge is 0.317 e. The summed E-state index contributed by atoms with van der Waals surface area (Å²) >= 11 is 0. The summed E-state index contributed by atoms with van der Waals surface area (Å²) in [5.41, 5.74) is 1.78. The SMILES string of the molecule is O=C(NC1CC12CCOCC2)N1CCC(Cc2ccccc2)CC1. The molecule has 0 aromatic heterocycles. The van der Waals surface area contributed by atoms with Gasteiger partial charge in [0, 0.05) is 32.3 Å². The van der Waals surface area contributed by atoms with Crippen molar-refractivity contribution in [2.24, 2.45) is 11.3 Å². The Morgan fingerprint density at radius 1 is 1.17 bits per heavy atom. The second-order valence-corrected chi connectivity index (χ2v) is 7.80. The highest BCUT2D eigenvalue weighted by Gasteiger charge is 2.55. The van der Waals surface area contributed by atoms with Crippen LogP contribution in [0.5, 0.6) is 0 Å². The number of nitrogens with one attached hydrogen (secondary N) is 1. The Kier molecular flexibility index (Phi) is 4.49. The number of ether oxygens (including phenoxy) is 1. The van der Waals surface area contributed by atoms with Gasteiger partial charge in [-0.1, -0.05) is 30.3 Å². The third-order valence-electron chi connectivity index (χ3n) is 6.24. The van der Waals surface area contributed by atoms with Crippen molar-refractivity contribution >= 4 is 6.03 Å². The number of hydrogen-bond acceptors (Lipinski definition) is 2. The molecule has 4 nitrogen and oxygen atoms in total. The minimum Gasteiger partial charge on any atom is -0.381 e. The molecule has 1 N–H and O–H groups in total. The fourth-order valence-corrected chi connectivity index (χ4v) is 4.41. The molecule has 1 atom stereocenters. The van der Waals surface area contributed by atoms with Crippen molar-refractivity contribution in [3.63, 3.8) is 0 Å². The lowest BCUT2D eigenvalue weighted by molar-refractivity contribution is 0.0543. The Morgan fingerprint density at radius 3 is 2.58 bits per heavy atom. The summed E-state index contributed by atoms with van der Waals surface area (Å²) in [6.45, 7) is 3.51. The number of likely N-dealkylation sites (tertiary alicyclic amines) is 1. The molecule has 1 aromatic rings. The molecular formula is C20H28N2O2. The molecule has 2 amide bonds. The van der Waals surface area contributed by atoms with Crippen molar-refractivity contribution in [1.29, 1.82) is 0 Å². The molecule has 1 unspecified atom stereocenters. The predicted molar refractivity (Wildman–Crippen MR) is 93.9 cm³/mol. The van der Waals surface area contributed by atoms with Crippen molar-refractivity contribution in [1.82, 2.24) is 10.2 Å². The second-order valence-electron chi connectivity index (χ2n) is 7.80. The minimum atomic E-state index is 0.154. The van der Waals surface area contributed by atoms with E-state index in [1.807, 2.05) is 4.90 Å². The van der Waals surface area contributed by atoms with Gasteiger partial charge < -0.3 is 15.0 Å². The first kappa shape index (κ1) is 15.9. The van der Waals surface area contributed by atoms with Crippen LogP contribution in [0.4, 0.5) is 4.79 Å². The molecule has 1 aromatic carbocycles. The summed E-state index contributed by atoms with van der Waals surface area (Å²) in [5.74, 6) is 0.708. The standard InChI is InChI=1S/C20H28N2O2/c23-19(21-18-15-20(18)8-12-24-13-9-20)22-10-6-17(7-11-22)14-16-4-2-1-3-5-16/h1-5,17-18H,6-15H2,(H,21,23). The summed E-state index contributed by atoms with van der Waals surface area (Å²) in [7, 11) is 0. The van der Waals surface area contributed by atoms with Gasteiger partial charge in [0.15, 0.2) is 0 Å². The molecule has 2 heterocycles. The lowest BCUT2D eigenvalue weighted by Gasteiger charge is -2.32. The summed E-state index contributed by atoms with van der Waals surface area (Å²) in [6, 6.07) is 11.2. The van der Waals surface area contributed by atoms with Gasteiger partial charge in [-0.25, -0.2) is 4.79 Å². The van der Waals surface area contributed by atoms with Crippen LogP contribution in [0.15, 0.2) is 30.3 Å². The number of piperidine rings is 1. The van der Waals surface area contributed by atoms with Crippen molar-refractivity contribution in [2.45, 2.75) is 44.6 Å². The van der Waals surface area contributed by atoms with E-state index in [9.17, 15) is 4.79 Å². The minimum absolute atomic E-state index is 0.154. The Labute approximate surface area is 144 Å². The Morgan fingerprint density at radius 2 is 1.88 bits per heavy atom. The van der Waals surface area contributed by atoms with Gasteiger partial charge in [-0.05, 0) is 55.4 Å². The molecule has 2 aliphatic heterocycles. The molecule has 1 saturated carbocycles. The van der Waals surface area contributed by atoms with Gasteiger partial charge in [-0.3, -0.25) is 0 Å². The molecule has 4 heteroatoms. The van der Waals surface area contributed by atoms with E-state index in [0.29, 0.717) is 17.4 Å². The molecule has 130 valence electrons. The third kappa shape index (κ3) is 3.44. The molecular weight excluding hydrogens is 300 g/mol. The lowest BCUT2D eigenvalue weighted by Crippen LogP contribution is -2.46. The predicted octanol–water partition coefficient (Wildman–Crippen LogP) is 3.22. The number of rotatable bonds is 3. The topological polar surface area (TPSA) is 41.6 Å². The van der Waals surface area contributed by atoms with E-state index in [2.05, 4.69) is 35.6 Å². The quantitative estimate of drug-likeness (QED) is 0.925. The van der Waals surface area contributed by atoms with E-state index in [0.717, 1.165) is 64.8 Å². The molecule has 0 radical (unpaired) electrons. The zero-order valence-corrected chi connectivity index (χ0v) is 14.4. The van der Waals surface area contributed by atoms with Gasteiger partial charge in [0.25, 0.3) is 0 Å². The van der Waals surface area contributed by atoms with E-state index >= 15 is 0 Å².